The Kier molecular flexibility index (Phi) is 6.72. The van der Waals surface area contributed by atoms with E-state index in [1.54, 1.807) is 18.2 Å². The smallest absolute Gasteiger partial charge is 0.257 e. The summed E-state index contributed by atoms with van der Waals surface area (Å²) in [4.78, 5) is 11.5. The normalized spacial score (nSPS) is 14.2. The van der Waals surface area contributed by atoms with Crippen molar-refractivity contribution in [2.45, 2.75) is 0 Å². The lowest BCUT2D eigenvalue weighted by Crippen LogP contribution is -2.48. The standard InChI is InChI=1S/C12H14Cl2N2O2.ClH/c13-9-1-10(14)3-11(2-9)18-7-12(17)16-6-8-4-15-5-8;/h1-3,8,15H,4-7H2,(H,16,17);1H. The van der Waals surface area contributed by atoms with Gasteiger partial charge in [-0.15, -0.1) is 12.4 Å². The Hall–Kier alpha value is -0.680. The molecule has 4 nitrogen and oxygen atoms in total. The molecule has 1 aromatic carbocycles. The molecule has 1 aromatic rings. The average Bonchev–Trinajstić information content (AvgIpc) is 2.23. The second kappa shape index (κ2) is 7.80. The van der Waals surface area contributed by atoms with Gasteiger partial charge in [-0.1, -0.05) is 23.2 Å². The minimum absolute atomic E-state index is 0. The summed E-state index contributed by atoms with van der Waals surface area (Å²) in [6, 6.07) is 4.85. The van der Waals surface area contributed by atoms with E-state index in [2.05, 4.69) is 10.6 Å². The van der Waals surface area contributed by atoms with E-state index in [0.29, 0.717) is 28.3 Å². The van der Waals surface area contributed by atoms with E-state index in [1.165, 1.54) is 0 Å². The monoisotopic (exact) mass is 324 g/mol. The lowest BCUT2D eigenvalue weighted by atomic mass is 10.0. The van der Waals surface area contributed by atoms with Crippen LogP contribution in [-0.2, 0) is 4.79 Å². The minimum Gasteiger partial charge on any atom is -0.484 e. The maximum Gasteiger partial charge on any atom is 0.257 e. The van der Waals surface area contributed by atoms with Crippen LogP contribution in [0, 0.1) is 5.92 Å². The van der Waals surface area contributed by atoms with Crippen LogP contribution in [-0.4, -0.2) is 32.1 Å². The van der Waals surface area contributed by atoms with Crippen LogP contribution < -0.4 is 15.4 Å². The summed E-state index contributed by atoms with van der Waals surface area (Å²) in [7, 11) is 0. The molecular formula is C12H15Cl3N2O2. The molecule has 0 bridgehead atoms. The first-order valence-electron chi connectivity index (χ1n) is 5.70. The molecule has 2 N–H and O–H groups in total. The van der Waals surface area contributed by atoms with E-state index in [9.17, 15) is 4.79 Å². The molecule has 1 aliphatic rings. The summed E-state index contributed by atoms with van der Waals surface area (Å²) in [6.45, 7) is 2.58. The predicted molar refractivity (Wildman–Crippen MR) is 78.6 cm³/mol. The first-order chi connectivity index (χ1) is 8.63. The van der Waals surface area contributed by atoms with Gasteiger partial charge < -0.3 is 15.4 Å². The molecule has 1 saturated heterocycles. The molecule has 1 amide bonds. The van der Waals surface area contributed by atoms with Gasteiger partial charge in [0, 0.05) is 35.6 Å². The van der Waals surface area contributed by atoms with Crippen molar-refractivity contribution in [2.75, 3.05) is 26.2 Å². The Labute approximate surface area is 128 Å². The lowest BCUT2D eigenvalue weighted by Gasteiger charge is -2.27. The average molecular weight is 326 g/mol. The van der Waals surface area contributed by atoms with Crippen LogP contribution in [0.5, 0.6) is 5.75 Å². The third kappa shape index (κ3) is 5.45. The Morgan fingerprint density at radius 3 is 2.47 bits per heavy atom. The Morgan fingerprint density at radius 1 is 1.32 bits per heavy atom. The van der Waals surface area contributed by atoms with Crippen molar-refractivity contribution in [1.82, 2.24) is 10.6 Å². The van der Waals surface area contributed by atoms with Crippen LogP contribution in [0.4, 0.5) is 0 Å². The van der Waals surface area contributed by atoms with Gasteiger partial charge in [-0.25, -0.2) is 0 Å². The fraction of sp³-hybridized carbons (Fsp3) is 0.417. The van der Waals surface area contributed by atoms with Gasteiger partial charge in [-0.05, 0) is 18.2 Å². The molecule has 7 heteroatoms. The van der Waals surface area contributed by atoms with E-state index in [0.717, 1.165) is 13.1 Å². The quantitative estimate of drug-likeness (QED) is 0.872. The van der Waals surface area contributed by atoms with Gasteiger partial charge in [0.25, 0.3) is 5.91 Å². The second-order valence-electron chi connectivity index (χ2n) is 4.22. The van der Waals surface area contributed by atoms with Gasteiger partial charge in [0.05, 0.1) is 0 Å². The van der Waals surface area contributed by atoms with Gasteiger partial charge in [0.15, 0.2) is 6.61 Å². The number of rotatable bonds is 5. The van der Waals surface area contributed by atoms with Gasteiger partial charge in [-0.3, -0.25) is 4.79 Å². The van der Waals surface area contributed by atoms with E-state index in [1.807, 2.05) is 0 Å². The van der Waals surface area contributed by atoms with Crippen LogP contribution in [0.3, 0.4) is 0 Å². The van der Waals surface area contributed by atoms with Gasteiger partial charge >= 0.3 is 0 Å². The van der Waals surface area contributed by atoms with Crippen molar-refractivity contribution >= 4 is 41.5 Å². The van der Waals surface area contributed by atoms with Gasteiger partial charge in [-0.2, -0.15) is 0 Å². The largest absolute Gasteiger partial charge is 0.484 e. The number of benzene rings is 1. The molecule has 2 rings (SSSR count). The summed E-state index contributed by atoms with van der Waals surface area (Å²) in [6.07, 6.45) is 0. The third-order valence-corrected chi connectivity index (χ3v) is 3.10. The van der Waals surface area contributed by atoms with Crippen molar-refractivity contribution in [3.8, 4) is 5.75 Å². The third-order valence-electron chi connectivity index (χ3n) is 2.66. The summed E-state index contributed by atoms with van der Waals surface area (Å²) >= 11 is 11.6. The van der Waals surface area contributed by atoms with Crippen LogP contribution in [0.2, 0.25) is 10.0 Å². The molecule has 19 heavy (non-hydrogen) atoms. The van der Waals surface area contributed by atoms with Crippen molar-refractivity contribution in [2.24, 2.45) is 5.92 Å². The highest BCUT2D eigenvalue weighted by molar-refractivity contribution is 6.34. The maximum atomic E-state index is 11.5. The zero-order valence-corrected chi connectivity index (χ0v) is 12.4. The number of nitrogens with one attached hydrogen (secondary N) is 2. The Morgan fingerprint density at radius 2 is 1.95 bits per heavy atom. The second-order valence-corrected chi connectivity index (χ2v) is 5.10. The van der Waals surface area contributed by atoms with Crippen LogP contribution in [0.1, 0.15) is 0 Å². The first-order valence-corrected chi connectivity index (χ1v) is 6.45. The highest BCUT2D eigenvalue weighted by Gasteiger charge is 2.17. The topological polar surface area (TPSA) is 50.4 Å². The minimum atomic E-state index is -0.141. The Bertz CT molecular complexity index is 419. The number of carbonyl (C=O) groups excluding carboxylic acids is 1. The van der Waals surface area contributed by atoms with Crippen LogP contribution >= 0.6 is 35.6 Å². The molecule has 1 heterocycles. The number of amides is 1. The summed E-state index contributed by atoms with van der Waals surface area (Å²) < 4.78 is 5.32. The van der Waals surface area contributed by atoms with Crippen molar-refractivity contribution in [3.63, 3.8) is 0 Å². The summed E-state index contributed by atoms with van der Waals surface area (Å²) in [5.41, 5.74) is 0. The van der Waals surface area contributed by atoms with Crippen molar-refractivity contribution < 1.29 is 9.53 Å². The van der Waals surface area contributed by atoms with Crippen molar-refractivity contribution in [1.29, 1.82) is 0 Å². The molecule has 1 aliphatic heterocycles. The van der Waals surface area contributed by atoms with Gasteiger partial charge in [0.1, 0.15) is 5.75 Å². The number of hydrogen-bond donors (Lipinski definition) is 2. The molecule has 0 radical (unpaired) electrons. The number of ether oxygens (including phenoxy) is 1. The van der Waals surface area contributed by atoms with Gasteiger partial charge in [0.2, 0.25) is 0 Å². The molecule has 0 unspecified atom stereocenters. The zero-order valence-electron chi connectivity index (χ0n) is 10.1. The number of carbonyl (C=O) groups is 1. The lowest BCUT2D eigenvalue weighted by molar-refractivity contribution is -0.123. The van der Waals surface area contributed by atoms with E-state index in [4.69, 9.17) is 27.9 Å². The molecule has 0 saturated carbocycles. The molecule has 0 aliphatic carbocycles. The maximum absolute atomic E-state index is 11.5. The summed E-state index contributed by atoms with van der Waals surface area (Å²) in [5, 5.41) is 6.93. The molecule has 106 valence electrons. The number of hydrogen-bond acceptors (Lipinski definition) is 3. The molecule has 0 spiro atoms. The van der Waals surface area contributed by atoms with Crippen LogP contribution in [0.25, 0.3) is 0 Å². The molecule has 0 aromatic heterocycles. The van der Waals surface area contributed by atoms with E-state index < -0.39 is 0 Å². The molecular weight excluding hydrogens is 311 g/mol. The molecule has 0 atom stereocenters. The Balaban J connectivity index is 0.00000180. The van der Waals surface area contributed by atoms with E-state index >= 15 is 0 Å². The fourth-order valence-electron chi connectivity index (χ4n) is 1.56. The SMILES string of the molecule is Cl.O=C(COc1cc(Cl)cc(Cl)c1)NCC1CNC1. The number of halogens is 3. The predicted octanol–water partition coefficient (Wildman–Crippen LogP) is 2.13. The highest BCUT2D eigenvalue weighted by atomic mass is 35.5. The van der Waals surface area contributed by atoms with Crippen LogP contribution in [0.15, 0.2) is 18.2 Å². The van der Waals surface area contributed by atoms with Crippen molar-refractivity contribution in [3.05, 3.63) is 28.2 Å². The fourth-order valence-corrected chi connectivity index (χ4v) is 2.07. The highest BCUT2D eigenvalue weighted by Crippen LogP contribution is 2.23. The zero-order chi connectivity index (χ0) is 13.0. The van der Waals surface area contributed by atoms with E-state index in [-0.39, 0.29) is 24.9 Å². The first kappa shape index (κ1) is 16.4. The molecule has 1 fully saturated rings. The summed E-state index contributed by atoms with van der Waals surface area (Å²) in [5.74, 6) is 0.889.